The van der Waals surface area contributed by atoms with Crippen molar-refractivity contribution in [1.82, 2.24) is 4.90 Å². The Morgan fingerprint density at radius 1 is 1.17 bits per heavy atom. The second-order valence-electron chi connectivity index (χ2n) is 6.28. The monoisotopic (exact) mass is 256 g/mol. The van der Waals surface area contributed by atoms with E-state index in [1.165, 1.54) is 38.5 Å². The number of hydrogen-bond donors (Lipinski definition) is 1. The highest BCUT2D eigenvalue weighted by molar-refractivity contribution is 4.85. The predicted octanol–water partition coefficient (Wildman–Crippen LogP) is 2.64. The van der Waals surface area contributed by atoms with Crippen molar-refractivity contribution in [3.63, 3.8) is 0 Å². The largest absolute Gasteiger partial charge is 0.377 e. The first-order valence-electron chi connectivity index (χ1n) is 7.58. The average molecular weight is 256 g/mol. The second kappa shape index (κ2) is 8.13. The van der Waals surface area contributed by atoms with E-state index in [2.05, 4.69) is 25.8 Å². The van der Waals surface area contributed by atoms with Crippen molar-refractivity contribution in [3.05, 3.63) is 0 Å². The molecule has 1 fully saturated rings. The molecule has 0 saturated heterocycles. The Morgan fingerprint density at radius 3 is 2.28 bits per heavy atom. The van der Waals surface area contributed by atoms with Crippen LogP contribution in [0.1, 0.15) is 52.4 Å². The van der Waals surface area contributed by atoms with Gasteiger partial charge in [0.05, 0.1) is 12.7 Å². The van der Waals surface area contributed by atoms with Crippen LogP contribution < -0.4 is 5.73 Å². The summed E-state index contributed by atoms with van der Waals surface area (Å²) in [6.07, 6.45) is 8.43. The molecular weight excluding hydrogens is 224 g/mol. The number of likely N-dealkylation sites (N-methyl/N-ethyl adjacent to an activating group) is 1. The summed E-state index contributed by atoms with van der Waals surface area (Å²) >= 11 is 0. The first-order chi connectivity index (χ1) is 8.58. The third-order valence-corrected chi connectivity index (χ3v) is 4.13. The summed E-state index contributed by atoms with van der Waals surface area (Å²) in [5.74, 6) is 0. The summed E-state index contributed by atoms with van der Waals surface area (Å²) in [5.41, 5.74) is 6.44. The van der Waals surface area contributed by atoms with Crippen molar-refractivity contribution in [2.24, 2.45) is 11.1 Å². The molecule has 1 saturated carbocycles. The van der Waals surface area contributed by atoms with Crippen molar-refractivity contribution >= 4 is 0 Å². The molecule has 0 heterocycles. The van der Waals surface area contributed by atoms with Gasteiger partial charge < -0.3 is 15.4 Å². The zero-order chi connectivity index (χ0) is 13.4. The van der Waals surface area contributed by atoms with E-state index in [-0.39, 0.29) is 0 Å². The maximum absolute atomic E-state index is 6.07. The van der Waals surface area contributed by atoms with Gasteiger partial charge in [-0.3, -0.25) is 0 Å². The minimum atomic E-state index is 0.333. The number of rotatable bonds is 7. The van der Waals surface area contributed by atoms with Crippen LogP contribution in [0.15, 0.2) is 0 Å². The van der Waals surface area contributed by atoms with Crippen LogP contribution in [0.25, 0.3) is 0 Å². The maximum Gasteiger partial charge on any atom is 0.0596 e. The molecule has 1 aliphatic rings. The summed E-state index contributed by atoms with van der Waals surface area (Å²) in [6, 6.07) is 0. The lowest BCUT2D eigenvalue weighted by molar-refractivity contribution is 0.0528. The summed E-state index contributed by atoms with van der Waals surface area (Å²) in [6.45, 7) is 7.99. The molecule has 18 heavy (non-hydrogen) atoms. The van der Waals surface area contributed by atoms with Crippen LogP contribution >= 0.6 is 0 Å². The van der Waals surface area contributed by atoms with E-state index in [1.807, 2.05) is 0 Å². The summed E-state index contributed by atoms with van der Waals surface area (Å²) in [7, 11) is 2.20. The fourth-order valence-corrected chi connectivity index (χ4v) is 3.00. The van der Waals surface area contributed by atoms with Gasteiger partial charge in [0.25, 0.3) is 0 Å². The lowest BCUT2D eigenvalue weighted by Gasteiger charge is -2.35. The minimum absolute atomic E-state index is 0.333. The van der Waals surface area contributed by atoms with Gasteiger partial charge in [-0.2, -0.15) is 0 Å². The van der Waals surface area contributed by atoms with Crippen LogP contribution in [0.3, 0.4) is 0 Å². The van der Waals surface area contributed by atoms with Crippen molar-refractivity contribution in [3.8, 4) is 0 Å². The number of nitrogens with two attached hydrogens (primary N) is 1. The molecular formula is C15H32N2O. The molecule has 1 rings (SSSR count). The third-order valence-electron chi connectivity index (χ3n) is 4.13. The average Bonchev–Trinajstić information content (AvgIpc) is 2.55. The zero-order valence-electron chi connectivity index (χ0n) is 12.6. The van der Waals surface area contributed by atoms with Gasteiger partial charge in [0.15, 0.2) is 0 Å². The second-order valence-corrected chi connectivity index (χ2v) is 6.28. The fraction of sp³-hybridized carbons (Fsp3) is 1.00. The first-order valence-corrected chi connectivity index (χ1v) is 7.58. The molecule has 0 aliphatic heterocycles. The van der Waals surface area contributed by atoms with Gasteiger partial charge >= 0.3 is 0 Å². The highest BCUT2D eigenvalue weighted by Crippen LogP contribution is 2.34. The number of hydrogen-bond acceptors (Lipinski definition) is 3. The molecule has 3 heteroatoms. The summed E-state index contributed by atoms with van der Waals surface area (Å²) in [5, 5.41) is 0. The van der Waals surface area contributed by atoms with Crippen molar-refractivity contribution in [2.45, 2.75) is 58.5 Å². The van der Waals surface area contributed by atoms with Gasteiger partial charge in [0.2, 0.25) is 0 Å². The molecule has 0 spiro atoms. The van der Waals surface area contributed by atoms with E-state index in [4.69, 9.17) is 10.5 Å². The van der Waals surface area contributed by atoms with E-state index >= 15 is 0 Å². The van der Waals surface area contributed by atoms with Crippen molar-refractivity contribution in [2.75, 3.05) is 33.3 Å². The van der Waals surface area contributed by atoms with E-state index in [9.17, 15) is 0 Å². The molecule has 2 N–H and O–H groups in total. The highest BCUT2D eigenvalue weighted by Gasteiger charge is 2.30. The Labute approximate surface area is 113 Å². The van der Waals surface area contributed by atoms with E-state index in [0.717, 1.165) is 26.2 Å². The van der Waals surface area contributed by atoms with Crippen LogP contribution in [0.5, 0.6) is 0 Å². The molecule has 0 aromatic rings. The van der Waals surface area contributed by atoms with Crippen LogP contribution in [0, 0.1) is 5.41 Å². The van der Waals surface area contributed by atoms with Gasteiger partial charge in [-0.1, -0.05) is 25.7 Å². The van der Waals surface area contributed by atoms with E-state index in [0.29, 0.717) is 11.5 Å². The molecule has 0 bridgehead atoms. The van der Waals surface area contributed by atoms with Crippen LogP contribution in [0.4, 0.5) is 0 Å². The molecule has 108 valence electrons. The van der Waals surface area contributed by atoms with Crippen LogP contribution in [-0.4, -0.2) is 44.3 Å². The Morgan fingerprint density at radius 2 is 1.78 bits per heavy atom. The quantitative estimate of drug-likeness (QED) is 0.712. The van der Waals surface area contributed by atoms with Gasteiger partial charge in [-0.05, 0) is 45.7 Å². The summed E-state index contributed by atoms with van der Waals surface area (Å²) in [4.78, 5) is 2.40. The minimum Gasteiger partial charge on any atom is -0.377 e. The SMILES string of the molecule is CC(C)OCCN(C)CC1(CN)CCCCCC1. The molecule has 3 nitrogen and oxygen atoms in total. The van der Waals surface area contributed by atoms with Crippen molar-refractivity contribution < 1.29 is 4.74 Å². The first kappa shape index (κ1) is 15.9. The maximum atomic E-state index is 6.07. The normalized spacial score (nSPS) is 20.3. The Bertz CT molecular complexity index is 211. The molecule has 1 aliphatic carbocycles. The fourth-order valence-electron chi connectivity index (χ4n) is 3.00. The third kappa shape index (κ3) is 5.68. The zero-order valence-corrected chi connectivity index (χ0v) is 12.6. The van der Waals surface area contributed by atoms with E-state index < -0.39 is 0 Å². The molecule has 0 aromatic heterocycles. The van der Waals surface area contributed by atoms with Gasteiger partial charge in [0.1, 0.15) is 0 Å². The number of ether oxygens (including phenoxy) is 1. The molecule has 0 amide bonds. The Hall–Kier alpha value is -0.120. The Balaban J connectivity index is 2.35. The van der Waals surface area contributed by atoms with Gasteiger partial charge in [-0.15, -0.1) is 0 Å². The standard InChI is InChI=1S/C15H32N2O/c1-14(2)18-11-10-17(3)13-15(12-16)8-6-4-5-7-9-15/h14H,4-13,16H2,1-3H3. The van der Waals surface area contributed by atoms with Crippen LogP contribution in [0.2, 0.25) is 0 Å². The lowest BCUT2D eigenvalue weighted by atomic mass is 9.80. The van der Waals surface area contributed by atoms with E-state index in [1.54, 1.807) is 0 Å². The topological polar surface area (TPSA) is 38.5 Å². The van der Waals surface area contributed by atoms with Gasteiger partial charge in [-0.25, -0.2) is 0 Å². The van der Waals surface area contributed by atoms with Crippen molar-refractivity contribution in [1.29, 1.82) is 0 Å². The predicted molar refractivity (Wildman–Crippen MR) is 77.8 cm³/mol. The lowest BCUT2D eigenvalue weighted by Crippen LogP contribution is -2.42. The highest BCUT2D eigenvalue weighted by atomic mass is 16.5. The molecule has 0 aromatic carbocycles. The summed E-state index contributed by atoms with van der Waals surface area (Å²) < 4.78 is 5.62. The Kier molecular flexibility index (Phi) is 7.20. The smallest absolute Gasteiger partial charge is 0.0596 e. The number of nitrogens with zero attached hydrogens (tertiary/aromatic N) is 1. The molecule has 0 atom stereocenters. The van der Waals surface area contributed by atoms with Gasteiger partial charge in [0, 0.05) is 13.1 Å². The molecule has 0 unspecified atom stereocenters. The van der Waals surface area contributed by atoms with Crippen LogP contribution in [-0.2, 0) is 4.74 Å². The molecule has 0 radical (unpaired) electrons.